The van der Waals surface area contributed by atoms with E-state index in [9.17, 15) is 40.7 Å². The number of thiazole rings is 1. The van der Waals surface area contributed by atoms with Crippen molar-refractivity contribution in [3.05, 3.63) is 40.9 Å². The average molecular weight is 452 g/mol. The number of aromatic nitrogens is 1. The highest BCUT2D eigenvalue weighted by molar-refractivity contribution is 7.92. The van der Waals surface area contributed by atoms with E-state index in [4.69, 9.17) is 0 Å². The van der Waals surface area contributed by atoms with Crippen LogP contribution in [0.5, 0.6) is 0 Å². The van der Waals surface area contributed by atoms with Crippen LogP contribution in [0.2, 0.25) is 0 Å². The number of alkyl halides is 4. The van der Waals surface area contributed by atoms with Gasteiger partial charge >= 0.3 is 11.5 Å². The fourth-order valence-electron chi connectivity index (χ4n) is 2.81. The summed E-state index contributed by atoms with van der Waals surface area (Å²) in [5, 5.41) is 9.25. The maximum absolute atomic E-state index is 13.6. The third kappa shape index (κ3) is 3.96. The van der Waals surface area contributed by atoms with Crippen molar-refractivity contribution < 1.29 is 40.7 Å². The maximum atomic E-state index is 13.6. The van der Waals surface area contributed by atoms with Crippen LogP contribution in [0.25, 0.3) is 0 Å². The van der Waals surface area contributed by atoms with Crippen molar-refractivity contribution in [3.63, 3.8) is 0 Å². The number of carboxylic acid groups (broad SMARTS) is 1. The predicted octanol–water partition coefficient (Wildman–Crippen LogP) is 2.67. The van der Waals surface area contributed by atoms with Gasteiger partial charge in [0.25, 0.3) is 9.84 Å². The molecule has 1 fully saturated rings. The standard InChI is InChI=1S/C16H12F4N2O5S2/c17-9-5-11(14(24)25)22(7-9)15-21-6-12(28-15)13(23)8-2-1-3-10(4-8)29(26,27)16(18,19)20/h1-4,6,9,11H,5,7H2,(H,24,25)/t9-,11-/m0/s1. The molecule has 3 rings (SSSR count). The molecular formula is C16H12F4N2O5S2. The SMILES string of the molecule is O=C(c1cccc(S(=O)(=O)C(F)(F)F)c1)c1cnc(N2C[C@@H](F)C[C@H]2C(=O)O)s1. The van der Waals surface area contributed by atoms with E-state index >= 15 is 0 Å². The molecule has 29 heavy (non-hydrogen) atoms. The summed E-state index contributed by atoms with van der Waals surface area (Å²) in [6.07, 6.45) is -0.545. The summed E-state index contributed by atoms with van der Waals surface area (Å²) >= 11 is 0.739. The Balaban J connectivity index is 1.90. The van der Waals surface area contributed by atoms with E-state index in [2.05, 4.69) is 4.98 Å². The molecule has 156 valence electrons. The van der Waals surface area contributed by atoms with Gasteiger partial charge in [-0.25, -0.2) is 22.6 Å². The first-order valence-corrected chi connectivity index (χ1v) is 10.3. The number of hydrogen-bond donors (Lipinski definition) is 1. The molecule has 2 aromatic rings. The van der Waals surface area contributed by atoms with Gasteiger partial charge in [-0.2, -0.15) is 13.2 Å². The number of carbonyl (C=O) groups is 2. The highest BCUT2D eigenvalue weighted by Gasteiger charge is 2.47. The van der Waals surface area contributed by atoms with Gasteiger partial charge < -0.3 is 10.0 Å². The lowest BCUT2D eigenvalue weighted by molar-refractivity contribution is -0.138. The second kappa shape index (κ2) is 7.37. The summed E-state index contributed by atoms with van der Waals surface area (Å²) in [7, 11) is -5.63. The van der Waals surface area contributed by atoms with Gasteiger partial charge in [0.2, 0.25) is 5.78 Å². The van der Waals surface area contributed by atoms with E-state index in [0.717, 1.165) is 35.7 Å². The molecule has 1 aliphatic heterocycles. The first-order chi connectivity index (χ1) is 13.4. The summed E-state index contributed by atoms with van der Waals surface area (Å²) in [4.78, 5) is 27.8. The van der Waals surface area contributed by atoms with Crippen LogP contribution < -0.4 is 4.90 Å². The van der Waals surface area contributed by atoms with E-state index in [0.29, 0.717) is 6.07 Å². The fourth-order valence-corrected chi connectivity index (χ4v) is 4.56. The van der Waals surface area contributed by atoms with Gasteiger partial charge in [-0.15, -0.1) is 0 Å². The molecule has 0 bridgehead atoms. The normalized spacial score (nSPS) is 20.1. The lowest BCUT2D eigenvalue weighted by Gasteiger charge is -2.19. The lowest BCUT2D eigenvalue weighted by Crippen LogP contribution is -2.35. The summed E-state index contributed by atoms with van der Waals surface area (Å²) in [5.74, 6) is -2.05. The number of anilines is 1. The van der Waals surface area contributed by atoms with Crippen molar-refractivity contribution in [3.8, 4) is 0 Å². The molecule has 0 spiro atoms. The Bertz CT molecular complexity index is 1070. The summed E-state index contributed by atoms with van der Waals surface area (Å²) in [5.41, 5.74) is -5.83. The Morgan fingerprint density at radius 3 is 2.59 bits per heavy atom. The molecule has 0 radical (unpaired) electrons. The van der Waals surface area contributed by atoms with Crippen LogP contribution in [0.4, 0.5) is 22.7 Å². The van der Waals surface area contributed by atoms with Gasteiger partial charge in [0.1, 0.15) is 12.2 Å². The van der Waals surface area contributed by atoms with Crippen LogP contribution >= 0.6 is 11.3 Å². The zero-order valence-corrected chi connectivity index (χ0v) is 15.9. The minimum atomic E-state index is -5.63. The van der Waals surface area contributed by atoms with Crippen molar-refractivity contribution >= 4 is 38.1 Å². The lowest BCUT2D eigenvalue weighted by atomic mass is 10.1. The van der Waals surface area contributed by atoms with Crippen molar-refractivity contribution in [2.45, 2.75) is 29.0 Å². The quantitative estimate of drug-likeness (QED) is 0.549. The van der Waals surface area contributed by atoms with Gasteiger partial charge in [-0.05, 0) is 12.1 Å². The molecule has 1 aromatic heterocycles. The molecule has 13 heteroatoms. The number of ketones is 1. The Hall–Kier alpha value is -2.54. The van der Waals surface area contributed by atoms with Crippen LogP contribution in [0.1, 0.15) is 21.7 Å². The van der Waals surface area contributed by atoms with Gasteiger partial charge in [-0.3, -0.25) is 4.79 Å². The number of benzene rings is 1. The second-order valence-electron chi connectivity index (χ2n) is 6.15. The Morgan fingerprint density at radius 2 is 1.97 bits per heavy atom. The molecule has 7 nitrogen and oxygen atoms in total. The Morgan fingerprint density at radius 1 is 1.28 bits per heavy atom. The van der Waals surface area contributed by atoms with Crippen LogP contribution in [0, 0.1) is 0 Å². The number of carbonyl (C=O) groups excluding carboxylic acids is 1. The number of aliphatic carboxylic acids is 1. The molecule has 2 atom stereocenters. The summed E-state index contributed by atoms with van der Waals surface area (Å²) in [6, 6.07) is 2.32. The number of sulfone groups is 1. The molecule has 1 aliphatic rings. The third-order valence-corrected chi connectivity index (χ3v) is 6.73. The van der Waals surface area contributed by atoms with Crippen LogP contribution in [0.3, 0.4) is 0 Å². The number of halogens is 4. The van der Waals surface area contributed by atoms with Crippen molar-refractivity contribution in [1.82, 2.24) is 4.98 Å². The minimum absolute atomic E-state index is 0.0620. The number of hydrogen-bond acceptors (Lipinski definition) is 7. The third-order valence-electron chi connectivity index (χ3n) is 4.21. The first kappa shape index (κ1) is 21.2. The molecule has 2 heterocycles. The zero-order chi connectivity index (χ0) is 21.6. The van der Waals surface area contributed by atoms with Crippen LogP contribution in [-0.2, 0) is 14.6 Å². The van der Waals surface area contributed by atoms with E-state index in [-0.39, 0.29) is 28.5 Å². The molecule has 1 aromatic carbocycles. The van der Waals surface area contributed by atoms with Gasteiger partial charge in [0, 0.05) is 12.0 Å². The monoisotopic (exact) mass is 452 g/mol. The highest BCUT2D eigenvalue weighted by Crippen LogP contribution is 2.33. The molecule has 1 N–H and O–H groups in total. The van der Waals surface area contributed by atoms with Gasteiger partial charge in [0.15, 0.2) is 5.13 Å². The van der Waals surface area contributed by atoms with E-state index in [1.165, 1.54) is 4.90 Å². The molecule has 1 saturated heterocycles. The highest BCUT2D eigenvalue weighted by atomic mass is 32.2. The van der Waals surface area contributed by atoms with E-state index in [1.807, 2.05) is 0 Å². The van der Waals surface area contributed by atoms with Crippen molar-refractivity contribution in [2.24, 2.45) is 0 Å². The van der Waals surface area contributed by atoms with E-state index < -0.39 is 44.2 Å². The molecule has 0 aliphatic carbocycles. The average Bonchev–Trinajstić information content (AvgIpc) is 3.27. The largest absolute Gasteiger partial charge is 0.501 e. The molecule has 0 amide bonds. The first-order valence-electron chi connectivity index (χ1n) is 7.97. The maximum Gasteiger partial charge on any atom is 0.501 e. The predicted molar refractivity (Wildman–Crippen MR) is 93.5 cm³/mol. The fraction of sp³-hybridized carbons (Fsp3) is 0.312. The van der Waals surface area contributed by atoms with Gasteiger partial charge in [0.05, 0.1) is 22.5 Å². The van der Waals surface area contributed by atoms with Crippen molar-refractivity contribution in [2.75, 3.05) is 11.4 Å². The number of carboxylic acids is 1. The molecule has 0 saturated carbocycles. The second-order valence-corrected chi connectivity index (χ2v) is 9.10. The minimum Gasteiger partial charge on any atom is -0.480 e. The topological polar surface area (TPSA) is 105 Å². The smallest absolute Gasteiger partial charge is 0.480 e. The molecule has 0 unspecified atom stereocenters. The van der Waals surface area contributed by atoms with Crippen LogP contribution in [-0.4, -0.2) is 54.5 Å². The number of nitrogens with zero attached hydrogens (tertiary/aromatic N) is 2. The zero-order valence-electron chi connectivity index (χ0n) is 14.3. The molecular weight excluding hydrogens is 440 g/mol. The van der Waals surface area contributed by atoms with Crippen LogP contribution in [0.15, 0.2) is 35.4 Å². The van der Waals surface area contributed by atoms with Gasteiger partial charge in [-0.1, -0.05) is 23.5 Å². The Kier molecular flexibility index (Phi) is 5.38. The van der Waals surface area contributed by atoms with Crippen molar-refractivity contribution in [1.29, 1.82) is 0 Å². The summed E-state index contributed by atoms with van der Waals surface area (Å²) < 4.78 is 74.8. The van der Waals surface area contributed by atoms with E-state index in [1.54, 1.807) is 0 Å². The summed E-state index contributed by atoms with van der Waals surface area (Å²) in [6.45, 7) is -0.225. The Labute approximate surface area is 165 Å². The number of rotatable bonds is 5.